The standard InChI is InChI=1S/C14H21FN2O2/c1-10(14(2,3)4)16(5)9-11-7-6-8-12(13(11)15)17(18)19/h6-8,10H,9H2,1-5H3. The summed E-state index contributed by atoms with van der Waals surface area (Å²) in [4.78, 5) is 12.0. The predicted octanol–water partition coefficient (Wildman–Crippen LogP) is 3.60. The third-order valence-corrected chi connectivity index (χ3v) is 3.59. The summed E-state index contributed by atoms with van der Waals surface area (Å²) in [5, 5.41) is 10.7. The van der Waals surface area contributed by atoms with Crippen molar-refractivity contribution in [1.29, 1.82) is 0 Å². The Morgan fingerprint density at radius 2 is 2.00 bits per heavy atom. The normalized spacial score (nSPS) is 13.6. The molecular weight excluding hydrogens is 247 g/mol. The molecule has 0 fully saturated rings. The number of hydrogen-bond donors (Lipinski definition) is 0. The number of benzene rings is 1. The van der Waals surface area contributed by atoms with Gasteiger partial charge in [-0.2, -0.15) is 4.39 Å². The number of nitrogens with zero attached hydrogens (tertiary/aromatic N) is 2. The molecule has 0 aliphatic rings. The minimum Gasteiger partial charge on any atom is -0.299 e. The van der Waals surface area contributed by atoms with Gasteiger partial charge >= 0.3 is 5.69 Å². The first-order valence-electron chi connectivity index (χ1n) is 6.26. The number of nitro groups is 1. The van der Waals surface area contributed by atoms with Gasteiger partial charge in [0.1, 0.15) is 0 Å². The lowest BCUT2D eigenvalue weighted by Crippen LogP contribution is -2.39. The van der Waals surface area contributed by atoms with Crippen LogP contribution in [0.15, 0.2) is 18.2 Å². The van der Waals surface area contributed by atoms with E-state index < -0.39 is 16.4 Å². The van der Waals surface area contributed by atoms with Crippen molar-refractivity contribution in [3.8, 4) is 0 Å². The molecule has 0 spiro atoms. The van der Waals surface area contributed by atoms with Gasteiger partial charge in [0.25, 0.3) is 0 Å². The van der Waals surface area contributed by atoms with Crippen LogP contribution in [0.3, 0.4) is 0 Å². The quantitative estimate of drug-likeness (QED) is 0.619. The van der Waals surface area contributed by atoms with Crippen LogP contribution >= 0.6 is 0 Å². The van der Waals surface area contributed by atoms with Gasteiger partial charge in [-0.3, -0.25) is 15.0 Å². The first-order chi connectivity index (χ1) is 8.64. The molecule has 1 unspecified atom stereocenters. The third-order valence-electron chi connectivity index (χ3n) is 3.59. The third kappa shape index (κ3) is 3.73. The highest BCUT2D eigenvalue weighted by Gasteiger charge is 2.25. The van der Waals surface area contributed by atoms with E-state index in [9.17, 15) is 14.5 Å². The Labute approximate surface area is 113 Å². The van der Waals surface area contributed by atoms with Gasteiger partial charge in [-0.1, -0.05) is 32.9 Å². The Kier molecular flexibility index (Phi) is 4.63. The average molecular weight is 268 g/mol. The number of nitro benzene ring substituents is 1. The van der Waals surface area contributed by atoms with Crippen LogP contribution in [0.4, 0.5) is 10.1 Å². The Morgan fingerprint density at radius 3 is 2.47 bits per heavy atom. The molecule has 0 aromatic heterocycles. The van der Waals surface area contributed by atoms with Crippen LogP contribution in [0.2, 0.25) is 0 Å². The van der Waals surface area contributed by atoms with Gasteiger partial charge in [0.05, 0.1) is 4.92 Å². The van der Waals surface area contributed by atoms with Crippen molar-refractivity contribution in [2.24, 2.45) is 5.41 Å². The summed E-state index contributed by atoms with van der Waals surface area (Å²) >= 11 is 0. The maximum absolute atomic E-state index is 14.0. The van der Waals surface area contributed by atoms with Gasteiger partial charge in [-0.25, -0.2) is 0 Å². The van der Waals surface area contributed by atoms with E-state index in [0.29, 0.717) is 12.1 Å². The van der Waals surface area contributed by atoms with Crippen LogP contribution < -0.4 is 0 Å². The van der Waals surface area contributed by atoms with Crippen molar-refractivity contribution < 1.29 is 9.31 Å². The largest absolute Gasteiger partial charge is 0.305 e. The van der Waals surface area contributed by atoms with Crippen LogP contribution in [0.5, 0.6) is 0 Å². The maximum Gasteiger partial charge on any atom is 0.305 e. The lowest BCUT2D eigenvalue weighted by molar-refractivity contribution is -0.387. The molecule has 0 saturated heterocycles. The Hall–Kier alpha value is -1.49. The van der Waals surface area contributed by atoms with Crippen molar-refractivity contribution in [1.82, 2.24) is 4.90 Å². The second-order valence-corrected chi connectivity index (χ2v) is 5.96. The Morgan fingerprint density at radius 1 is 1.42 bits per heavy atom. The van der Waals surface area contributed by atoms with Crippen molar-refractivity contribution in [2.45, 2.75) is 40.3 Å². The van der Waals surface area contributed by atoms with Crippen molar-refractivity contribution in [3.63, 3.8) is 0 Å². The predicted molar refractivity (Wildman–Crippen MR) is 73.4 cm³/mol. The molecule has 0 N–H and O–H groups in total. The first-order valence-corrected chi connectivity index (χ1v) is 6.26. The zero-order chi connectivity index (χ0) is 14.8. The van der Waals surface area contributed by atoms with Gasteiger partial charge in [0, 0.05) is 24.2 Å². The molecule has 0 heterocycles. The number of halogens is 1. The molecule has 0 radical (unpaired) electrons. The molecule has 0 aliphatic carbocycles. The molecule has 1 aromatic rings. The minimum atomic E-state index is -0.736. The summed E-state index contributed by atoms with van der Waals surface area (Å²) in [5.41, 5.74) is -0.0477. The van der Waals surface area contributed by atoms with E-state index in [1.54, 1.807) is 6.07 Å². The van der Waals surface area contributed by atoms with Crippen molar-refractivity contribution in [3.05, 3.63) is 39.7 Å². The number of hydrogen-bond acceptors (Lipinski definition) is 3. The molecule has 0 saturated carbocycles. The van der Waals surface area contributed by atoms with E-state index in [2.05, 4.69) is 27.7 Å². The maximum atomic E-state index is 14.0. The van der Waals surface area contributed by atoms with E-state index in [1.165, 1.54) is 12.1 Å². The fourth-order valence-electron chi connectivity index (χ4n) is 1.90. The Balaban J connectivity index is 2.95. The molecule has 4 nitrogen and oxygen atoms in total. The zero-order valence-corrected chi connectivity index (χ0v) is 12.1. The summed E-state index contributed by atoms with van der Waals surface area (Å²) in [6.45, 7) is 8.75. The smallest absolute Gasteiger partial charge is 0.299 e. The van der Waals surface area contributed by atoms with E-state index in [1.807, 2.05) is 11.9 Å². The minimum absolute atomic E-state index is 0.0614. The summed E-state index contributed by atoms with van der Waals surface area (Å²) in [5.74, 6) is -0.736. The molecule has 19 heavy (non-hydrogen) atoms. The van der Waals surface area contributed by atoms with Gasteiger partial charge in [-0.05, 0) is 19.4 Å². The molecule has 0 aliphatic heterocycles. The van der Waals surface area contributed by atoms with Crippen molar-refractivity contribution >= 4 is 5.69 Å². The highest BCUT2D eigenvalue weighted by Crippen LogP contribution is 2.26. The molecule has 0 bridgehead atoms. The van der Waals surface area contributed by atoms with Crippen LogP contribution in [-0.4, -0.2) is 22.9 Å². The van der Waals surface area contributed by atoms with E-state index >= 15 is 0 Å². The fourth-order valence-corrected chi connectivity index (χ4v) is 1.90. The summed E-state index contributed by atoms with van der Waals surface area (Å²) in [6.07, 6.45) is 0. The molecular formula is C14H21FN2O2. The van der Waals surface area contributed by atoms with Gasteiger partial charge in [-0.15, -0.1) is 0 Å². The molecule has 1 atom stereocenters. The van der Waals surface area contributed by atoms with Crippen LogP contribution in [0.1, 0.15) is 33.3 Å². The van der Waals surface area contributed by atoms with Crippen LogP contribution in [0.25, 0.3) is 0 Å². The van der Waals surface area contributed by atoms with Crippen LogP contribution in [-0.2, 0) is 6.54 Å². The summed E-state index contributed by atoms with van der Waals surface area (Å²) < 4.78 is 14.0. The number of rotatable bonds is 4. The van der Waals surface area contributed by atoms with Gasteiger partial charge in [0.2, 0.25) is 5.82 Å². The first kappa shape index (κ1) is 15.6. The van der Waals surface area contributed by atoms with E-state index in [4.69, 9.17) is 0 Å². The highest BCUT2D eigenvalue weighted by atomic mass is 19.1. The molecule has 5 heteroatoms. The Bertz CT molecular complexity index is 469. The summed E-state index contributed by atoms with van der Waals surface area (Å²) in [6, 6.07) is 4.53. The average Bonchev–Trinajstić information content (AvgIpc) is 2.29. The SMILES string of the molecule is CC(N(C)Cc1cccc([N+](=O)[O-])c1F)C(C)(C)C. The monoisotopic (exact) mass is 268 g/mol. The molecule has 1 rings (SSSR count). The van der Waals surface area contributed by atoms with Gasteiger partial charge in [0.15, 0.2) is 0 Å². The van der Waals surface area contributed by atoms with E-state index in [0.717, 1.165) is 0 Å². The lowest BCUT2D eigenvalue weighted by atomic mass is 9.87. The second kappa shape index (κ2) is 5.65. The highest BCUT2D eigenvalue weighted by molar-refractivity contribution is 5.36. The lowest BCUT2D eigenvalue weighted by Gasteiger charge is -2.35. The zero-order valence-electron chi connectivity index (χ0n) is 12.1. The molecule has 0 amide bonds. The molecule has 106 valence electrons. The fraction of sp³-hybridized carbons (Fsp3) is 0.571. The van der Waals surface area contributed by atoms with Crippen molar-refractivity contribution in [2.75, 3.05) is 7.05 Å². The summed E-state index contributed by atoms with van der Waals surface area (Å²) in [7, 11) is 1.90. The van der Waals surface area contributed by atoms with E-state index in [-0.39, 0.29) is 11.5 Å². The van der Waals surface area contributed by atoms with Gasteiger partial charge < -0.3 is 0 Å². The topological polar surface area (TPSA) is 46.4 Å². The van der Waals surface area contributed by atoms with Crippen LogP contribution in [0, 0.1) is 21.3 Å². The molecule has 1 aromatic carbocycles. The second-order valence-electron chi connectivity index (χ2n) is 5.96.